The summed E-state index contributed by atoms with van der Waals surface area (Å²) in [5, 5.41) is 6.36. The minimum absolute atomic E-state index is 0.0397. The molecule has 152 valence electrons. The standard InChI is InChI=1S/C21H28ClN3O3/c1-13-9-20(3,4)12-21(10-13)18(27)25(19(28)24-21)11-17(26)23-14(2)15-5-7-16(22)8-6-15/h5-8,13-14H,9-12H2,1-4H3,(H,23,26)(H,24,28). The van der Waals surface area contributed by atoms with Gasteiger partial charge >= 0.3 is 6.03 Å². The molecule has 1 saturated heterocycles. The topological polar surface area (TPSA) is 78.5 Å². The van der Waals surface area contributed by atoms with Gasteiger partial charge in [-0.25, -0.2) is 4.79 Å². The van der Waals surface area contributed by atoms with Crippen LogP contribution in [0.15, 0.2) is 24.3 Å². The smallest absolute Gasteiger partial charge is 0.325 e. The van der Waals surface area contributed by atoms with E-state index in [1.165, 1.54) is 0 Å². The Kier molecular flexibility index (Phi) is 5.45. The molecule has 0 bridgehead atoms. The number of imide groups is 1. The van der Waals surface area contributed by atoms with E-state index in [9.17, 15) is 14.4 Å². The maximum atomic E-state index is 13.1. The van der Waals surface area contributed by atoms with Crippen molar-refractivity contribution in [3.63, 3.8) is 0 Å². The van der Waals surface area contributed by atoms with Crippen LogP contribution >= 0.6 is 11.6 Å². The van der Waals surface area contributed by atoms with Crippen molar-refractivity contribution in [2.75, 3.05) is 6.54 Å². The van der Waals surface area contributed by atoms with E-state index in [-0.39, 0.29) is 29.8 Å². The molecule has 2 fully saturated rings. The highest BCUT2D eigenvalue weighted by Gasteiger charge is 2.56. The van der Waals surface area contributed by atoms with Gasteiger partial charge in [-0.15, -0.1) is 0 Å². The first kappa shape index (κ1) is 20.6. The monoisotopic (exact) mass is 405 g/mol. The van der Waals surface area contributed by atoms with Crippen LogP contribution in [0.1, 0.15) is 58.6 Å². The van der Waals surface area contributed by atoms with Gasteiger partial charge in [0.1, 0.15) is 12.1 Å². The van der Waals surface area contributed by atoms with E-state index in [0.29, 0.717) is 23.8 Å². The molecule has 1 spiro atoms. The summed E-state index contributed by atoms with van der Waals surface area (Å²) in [5.74, 6) is -0.329. The number of carbonyl (C=O) groups excluding carboxylic acids is 3. The number of hydrogen-bond acceptors (Lipinski definition) is 3. The molecule has 6 nitrogen and oxygen atoms in total. The molecule has 0 radical (unpaired) electrons. The molecule has 1 heterocycles. The number of rotatable bonds is 4. The van der Waals surface area contributed by atoms with E-state index < -0.39 is 11.6 Å². The maximum Gasteiger partial charge on any atom is 0.325 e. The van der Waals surface area contributed by atoms with E-state index in [4.69, 9.17) is 11.6 Å². The lowest BCUT2D eigenvalue weighted by Crippen LogP contribution is -2.54. The number of amides is 4. The Labute approximate surface area is 171 Å². The minimum atomic E-state index is -0.889. The second-order valence-electron chi connectivity index (χ2n) is 9.10. The summed E-state index contributed by atoms with van der Waals surface area (Å²) in [6.45, 7) is 7.91. The zero-order valence-corrected chi connectivity index (χ0v) is 17.6. The molecule has 0 aromatic heterocycles. The molecule has 3 unspecified atom stereocenters. The van der Waals surface area contributed by atoms with Crippen LogP contribution in [0.3, 0.4) is 0 Å². The highest BCUT2D eigenvalue weighted by Crippen LogP contribution is 2.46. The third kappa shape index (κ3) is 4.17. The number of benzene rings is 1. The van der Waals surface area contributed by atoms with Gasteiger partial charge in [0.15, 0.2) is 0 Å². The molecule has 1 aromatic rings. The molecule has 3 atom stereocenters. The lowest BCUT2D eigenvalue weighted by atomic mass is 9.64. The zero-order valence-electron chi connectivity index (χ0n) is 16.8. The summed E-state index contributed by atoms with van der Waals surface area (Å²) in [6.07, 6.45) is 2.21. The number of carbonyl (C=O) groups is 3. The van der Waals surface area contributed by atoms with Crippen LogP contribution in [0, 0.1) is 11.3 Å². The predicted molar refractivity (Wildman–Crippen MR) is 108 cm³/mol. The fraction of sp³-hybridized carbons (Fsp3) is 0.571. The molecule has 3 rings (SSSR count). The van der Waals surface area contributed by atoms with Crippen molar-refractivity contribution in [2.24, 2.45) is 11.3 Å². The van der Waals surface area contributed by atoms with E-state index in [1.807, 2.05) is 19.1 Å². The summed E-state index contributed by atoms with van der Waals surface area (Å²) < 4.78 is 0. The van der Waals surface area contributed by atoms with Gasteiger partial charge in [0.25, 0.3) is 5.91 Å². The van der Waals surface area contributed by atoms with Crippen LogP contribution in [-0.4, -0.2) is 34.8 Å². The molecular formula is C21H28ClN3O3. The Hall–Kier alpha value is -2.08. The zero-order chi connectivity index (χ0) is 20.7. The molecule has 1 aliphatic carbocycles. The fourth-order valence-electron chi connectivity index (χ4n) is 4.92. The molecule has 1 aromatic carbocycles. The average Bonchev–Trinajstić information content (AvgIpc) is 2.77. The van der Waals surface area contributed by atoms with Gasteiger partial charge in [0.05, 0.1) is 6.04 Å². The molecule has 4 amide bonds. The summed E-state index contributed by atoms with van der Waals surface area (Å²) in [4.78, 5) is 39.2. The minimum Gasteiger partial charge on any atom is -0.348 e. The van der Waals surface area contributed by atoms with Gasteiger partial charge in [-0.2, -0.15) is 0 Å². The van der Waals surface area contributed by atoms with Gasteiger partial charge in [-0.1, -0.05) is 44.5 Å². The van der Waals surface area contributed by atoms with Crippen LogP contribution in [0.4, 0.5) is 4.79 Å². The molecule has 7 heteroatoms. The van der Waals surface area contributed by atoms with Gasteiger partial charge in [0.2, 0.25) is 5.91 Å². The fourth-order valence-corrected chi connectivity index (χ4v) is 5.04. The first-order valence-electron chi connectivity index (χ1n) is 9.70. The Bertz CT molecular complexity index is 793. The number of hydrogen-bond donors (Lipinski definition) is 2. The molecular weight excluding hydrogens is 378 g/mol. The van der Waals surface area contributed by atoms with Crippen LogP contribution in [-0.2, 0) is 9.59 Å². The Morgan fingerprint density at radius 2 is 1.93 bits per heavy atom. The summed E-state index contributed by atoms with van der Waals surface area (Å²) in [7, 11) is 0. The molecule has 1 saturated carbocycles. The number of halogens is 1. The van der Waals surface area contributed by atoms with E-state index in [1.54, 1.807) is 12.1 Å². The van der Waals surface area contributed by atoms with Gasteiger partial charge in [-0.05, 0) is 55.2 Å². The molecule has 2 N–H and O–H groups in total. The summed E-state index contributed by atoms with van der Waals surface area (Å²) in [6, 6.07) is 6.44. The Morgan fingerprint density at radius 1 is 1.29 bits per heavy atom. The Morgan fingerprint density at radius 3 is 2.54 bits per heavy atom. The maximum absolute atomic E-state index is 13.1. The summed E-state index contributed by atoms with van der Waals surface area (Å²) >= 11 is 5.89. The van der Waals surface area contributed by atoms with Gasteiger partial charge < -0.3 is 10.6 Å². The number of nitrogens with zero attached hydrogens (tertiary/aromatic N) is 1. The molecule has 1 aliphatic heterocycles. The lowest BCUT2D eigenvalue weighted by Gasteiger charge is -2.43. The first-order chi connectivity index (χ1) is 13.0. The van der Waals surface area contributed by atoms with Crippen molar-refractivity contribution in [1.82, 2.24) is 15.5 Å². The lowest BCUT2D eigenvalue weighted by molar-refractivity contribution is -0.137. The van der Waals surface area contributed by atoms with Crippen molar-refractivity contribution in [1.29, 1.82) is 0 Å². The van der Waals surface area contributed by atoms with Crippen LogP contribution in [0.5, 0.6) is 0 Å². The normalized spacial score (nSPS) is 27.6. The van der Waals surface area contributed by atoms with Gasteiger partial charge in [-0.3, -0.25) is 14.5 Å². The highest BCUT2D eigenvalue weighted by atomic mass is 35.5. The molecule has 2 aliphatic rings. The predicted octanol–water partition coefficient (Wildman–Crippen LogP) is 3.65. The van der Waals surface area contributed by atoms with Crippen LogP contribution in [0.25, 0.3) is 0 Å². The average molecular weight is 406 g/mol. The third-order valence-corrected chi connectivity index (χ3v) is 5.93. The second-order valence-corrected chi connectivity index (χ2v) is 9.54. The highest BCUT2D eigenvalue weighted by molar-refractivity contribution is 6.30. The van der Waals surface area contributed by atoms with Crippen molar-refractivity contribution in [3.05, 3.63) is 34.9 Å². The van der Waals surface area contributed by atoms with Crippen molar-refractivity contribution in [3.8, 4) is 0 Å². The quantitative estimate of drug-likeness (QED) is 0.750. The SMILES string of the molecule is CC1CC(C)(C)CC2(C1)NC(=O)N(CC(=O)NC(C)c1ccc(Cl)cc1)C2=O. The summed E-state index contributed by atoms with van der Waals surface area (Å²) in [5.41, 5.74) is -0.0308. The number of urea groups is 1. The second kappa shape index (κ2) is 7.39. The first-order valence-corrected chi connectivity index (χ1v) is 10.1. The van der Waals surface area contributed by atoms with Crippen molar-refractivity contribution in [2.45, 2.75) is 58.5 Å². The van der Waals surface area contributed by atoms with Crippen molar-refractivity contribution >= 4 is 29.4 Å². The van der Waals surface area contributed by atoms with E-state index in [0.717, 1.165) is 16.9 Å². The Balaban J connectivity index is 1.67. The van der Waals surface area contributed by atoms with Crippen LogP contribution in [0.2, 0.25) is 5.02 Å². The van der Waals surface area contributed by atoms with Gasteiger partial charge in [0, 0.05) is 5.02 Å². The number of nitrogens with one attached hydrogen (secondary N) is 2. The van der Waals surface area contributed by atoms with E-state index >= 15 is 0 Å². The van der Waals surface area contributed by atoms with Crippen LogP contribution < -0.4 is 10.6 Å². The van der Waals surface area contributed by atoms with E-state index in [2.05, 4.69) is 31.4 Å². The third-order valence-electron chi connectivity index (χ3n) is 5.67. The largest absolute Gasteiger partial charge is 0.348 e. The van der Waals surface area contributed by atoms with Crippen molar-refractivity contribution < 1.29 is 14.4 Å². The molecule has 28 heavy (non-hydrogen) atoms.